The van der Waals surface area contributed by atoms with Gasteiger partial charge in [0, 0.05) is 49.5 Å². The van der Waals surface area contributed by atoms with E-state index in [4.69, 9.17) is 9.73 Å². The molecule has 62 heavy (non-hydrogen) atoms. The predicted octanol–water partition coefficient (Wildman–Crippen LogP) is 7.74. The molecule has 6 rings (SSSR count). The van der Waals surface area contributed by atoms with Gasteiger partial charge in [0.25, 0.3) is 5.91 Å². The number of benzene rings is 1. The average molecular weight is 862 g/mol. The molecule has 4 aliphatic rings. The zero-order chi connectivity index (χ0) is 44.9. The van der Waals surface area contributed by atoms with E-state index in [1.54, 1.807) is 24.3 Å². The summed E-state index contributed by atoms with van der Waals surface area (Å²) >= 11 is 0. The summed E-state index contributed by atoms with van der Waals surface area (Å²) in [6.07, 6.45) is 1.96. The van der Waals surface area contributed by atoms with Gasteiger partial charge in [-0.3, -0.25) is 24.1 Å². The van der Waals surface area contributed by atoms with Gasteiger partial charge in [0.1, 0.15) is 11.9 Å². The lowest BCUT2D eigenvalue weighted by Gasteiger charge is -2.32. The molecule has 4 N–H and O–H groups in total. The Labute approximate surface area is 361 Å². The molecule has 1 aromatic heterocycles. The summed E-state index contributed by atoms with van der Waals surface area (Å²) in [6.45, 7) is 13.5. The van der Waals surface area contributed by atoms with Crippen LogP contribution in [0.2, 0.25) is 0 Å². The van der Waals surface area contributed by atoms with Gasteiger partial charge in [0.15, 0.2) is 0 Å². The van der Waals surface area contributed by atoms with Gasteiger partial charge in [0.05, 0.1) is 31.1 Å². The molecule has 6 atom stereocenters. The first kappa shape index (κ1) is 46.0. The van der Waals surface area contributed by atoms with Crippen molar-refractivity contribution in [3.05, 3.63) is 77.6 Å². The van der Waals surface area contributed by atoms with E-state index in [0.29, 0.717) is 43.1 Å². The molecule has 1 saturated heterocycles. The van der Waals surface area contributed by atoms with Crippen molar-refractivity contribution < 1.29 is 41.8 Å². The average Bonchev–Trinajstić information content (AvgIpc) is 3.78. The molecular formula is C46H58F3N7O6. The van der Waals surface area contributed by atoms with Crippen LogP contribution in [0.25, 0.3) is 11.1 Å². The normalized spacial score (nSPS) is 23.8. The van der Waals surface area contributed by atoms with Crippen LogP contribution in [0.3, 0.4) is 0 Å². The van der Waals surface area contributed by atoms with Gasteiger partial charge >= 0.3 is 12.5 Å². The Kier molecular flexibility index (Phi) is 14.3. The smallest absolute Gasteiger partial charge is 0.453 e. The molecule has 1 aromatic carbocycles. The van der Waals surface area contributed by atoms with Gasteiger partial charge in [-0.1, -0.05) is 78.0 Å². The number of pyridine rings is 1. The summed E-state index contributed by atoms with van der Waals surface area (Å²) in [4.78, 5) is 62.5. The summed E-state index contributed by atoms with van der Waals surface area (Å²) in [5.74, 6) is 0.0104. The molecule has 16 heteroatoms. The summed E-state index contributed by atoms with van der Waals surface area (Å²) < 4.78 is 50.6. The standard InChI is InChI=1S/C46H58F3N7O6/c1-26(2)39(55-44(60)61-7)43(59)56-25-27(3)20-36(56)40-28(4)8-9-32(23-53-40)29-10-12-30(13-11-29)34-16-14-31(21-37(34)62-46(47,48)49)41(57)54-33-15-17-38(52-24-33)50-18-19-51-42(58)35-22-45(35,5)6/h10-17,23-24,26-28,35-37,39H,8-9,18-22,25H2,1-7H3,(H,50,52)(H,51,58)(H,54,57)(H,55,60). The Morgan fingerprint density at radius 2 is 1.71 bits per heavy atom. The van der Waals surface area contributed by atoms with Crippen molar-refractivity contribution in [1.82, 2.24) is 20.5 Å². The molecule has 4 amide bonds. The third kappa shape index (κ3) is 11.5. The fraction of sp³-hybridized carbons (Fsp3) is 0.522. The second-order valence-electron chi connectivity index (χ2n) is 17.8. The third-order valence-corrected chi connectivity index (χ3v) is 12.2. The van der Waals surface area contributed by atoms with E-state index in [9.17, 15) is 32.3 Å². The Bertz CT molecular complexity index is 2110. The quantitative estimate of drug-likeness (QED) is 0.140. The fourth-order valence-electron chi connectivity index (χ4n) is 8.41. The number of anilines is 2. The molecular weight excluding hydrogens is 804 g/mol. The number of carbonyl (C=O) groups is 4. The van der Waals surface area contributed by atoms with Crippen LogP contribution in [-0.2, 0) is 23.9 Å². The van der Waals surface area contributed by atoms with Gasteiger partial charge in [-0.25, -0.2) is 9.78 Å². The minimum atomic E-state index is -4.95. The SMILES string of the molecule is COC(=O)NC(C(=O)N1CC(C)CC1C1=NC=C(c2ccc(C3=CC=C(C(=O)Nc4ccc(NCCNC(=O)C5CC5(C)C)nc4)CC3OC(F)(F)F)cc2)CCC1C)C(C)C. The maximum Gasteiger partial charge on any atom is 0.523 e. The van der Waals surface area contributed by atoms with Crippen molar-refractivity contribution >= 4 is 52.2 Å². The number of alkyl halides is 3. The van der Waals surface area contributed by atoms with Gasteiger partial charge in [-0.05, 0) is 83.3 Å². The molecule has 0 spiro atoms. The topological polar surface area (TPSA) is 163 Å². The number of amides is 4. The van der Waals surface area contributed by atoms with Crippen LogP contribution in [0.15, 0.2) is 71.5 Å². The minimum absolute atomic E-state index is 0.0409. The number of ether oxygens (including phenoxy) is 2. The zero-order valence-corrected chi connectivity index (χ0v) is 36.4. The highest BCUT2D eigenvalue weighted by atomic mass is 19.4. The van der Waals surface area contributed by atoms with Crippen LogP contribution in [-0.4, -0.2) is 90.7 Å². The van der Waals surface area contributed by atoms with Gasteiger partial charge in [-0.15, -0.1) is 13.2 Å². The number of hydrogen-bond acceptors (Lipinski definition) is 9. The first-order chi connectivity index (χ1) is 29.3. The zero-order valence-electron chi connectivity index (χ0n) is 36.4. The summed E-state index contributed by atoms with van der Waals surface area (Å²) in [5.41, 5.74) is 4.04. The van der Waals surface area contributed by atoms with Crippen LogP contribution in [0.1, 0.15) is 84.8 Å². The number of aliphatic imine (C=N–C) groups is 1. The monoisotopic (exact) mass is 861 g/mol. The number of nitrogens with one attached hydrogen (secondary N) is 4. The van der Waals surface area contributed by atoms with Crippen LogP contribution >= 0.6 is 0 Å². The Morgan fingerprint density at radius 3 is 2.34 bits per heavy atom. The van der Waals surface area contributed by atoms with Gasteiger partial charge < -0.3 is 30.9 Å². The Balaban J connectivity index is 1.11. The maximum absolute atomic E-state index is 13.9. The number of nitrogens with zero attached hydrogens (tertiary/aromatic N) is 3. The van der Waals surface area contributed by atoms with E-state index >= 15 is 0 Å². The first-order valence-corrected chi connectivity index (χ1v) is 21.3. The van der Waals surface area contributed by atoms with E-state index in [1.165, 1.54) is 25.5 Å². The molecule has 2 fully saturated rings. The van der Waals surface area contributed by atoms with Crippen molar-refractivity contribution in [1.29, 1.82) is 0 Å². The van der Waals surface area contributed by atoms with Gasteiger partial charge in [-0.2, -0.15) is 0 Å². The van der Waals surface area contributed by atoms with E-state index in [2.05, 4.69) is 58.7 Å². The molecule has 2 aromatic rings. The molecule has 3 heterocycles. The van der Waals surface area contributed by atoms with E-state index in [1.807, 2.05) is 37.1 Å². The number of halogens is 3. The molecule has 0 radical (unpaired) electrons. The number of methoxy groups -OCH3 is 1. The second-order valence-corrected chi connectivity index (χ2v) is 17.8. The first-order valence-electron chi connectivity index (χ1n) is 21.3. The summed E-state index contributed by atoms with van der Waals surface area (Å²) in [7, 11) is 1.27. The molecule has 0 bridgehead atoms. The highest BCUT2D eigenvalue weighted by Gasteiger charge is 2.50. The lowest BCUT2D eigenvalue weighted by atomic mass is 9.88. The number of hydrogen-bond donors (Lipinski definition) is 4. The molecule has 13 nitrogen and oxygen atoms in total. The van der Waals surface area contributed by atoms with E-state index in [0.717, 1.165) is 36.1 Å². The number of likely N-dealkylation sites (tertiary alicyclic amines) is 1. The summed E-state index contributed by atoms with van der Waals surface area (Å²) in [5, 5.41) is 11.4. The molecule has 334 valence electrons. The van der Waals surface area contributed by atoms with E-state index in [-0.39, 0.29) is 64.5 Å². The third-order valence-electron chi connectivity index (χ3n) is 12.2. The van der Waals surface area contributed by atoms with Crippen molar-refractivity contribution in [2.75, 3.05) is 37.4 Å². The predicted molar refractivity (Wildman–Crippen MR) is 232 cm³/mol. The molecule has 2 aliphatic carbocycles. The molecule has 2 aliphatic heterocycles. The van der Waals surface area contributed by atoms with Crippen molar-refractivity contribution in [3.8, 4) is 0 Å². The van der Waals surface area contributed by atoms with Crippen molar-refractivity contribution in [2.24, 2.45) is 34.1 Å². The number of alkyl carbamates (subject to hydrolysis) is 1. The highest BCUT2D eigenvalue weighted by Crippen LogP contribution is 2.51. The molecule has 1 saturated carbocycles. The summed E-state index contributed by atoms with van der Waals surface area (Å²) in [6, 6.07) is 9.50. The highest BCUT2D eigenvalue weighted by molar-refractivity contribution is 6.05. The number of aromatic nitrogens is 1. The van der Waals surface area contributed by atoms with Crippen LogP contribution in [0, 0.1) is 29.1 Å². The fourth-order valence-corrected chi connectivity index (χ4v) is 8.41. The lowest BCUT2D eigenvalue weighted by Crippen LogP contribution is -2.54. The van der Waals surface area contributed by atoms with E-state index < -0.39 is 30.5 Å². The second kappa shape index (κ2) is 19.3. The number of carbonyl (C=O) groups excluding carboxylic acids is 4. The van der Waals surface area contributed by atoms with Crippen LogP contribution in [0.5, 0.6) is 0 Å². The molecule has 6 unspecified atom stereocenters. The Morgan fingerprint density at radius 1 is 1.00 bits per heavy atom. The largest absolute Gasteiger partial charge is 0.523 e. The number of rotatable bonds is 14. The van der Waals surface area contributed by atoms with Crippen molar-refractivity contribution in [2.45, 2.75) is 98.2 Å². The number of allylic oxidation sites excluding steroid dienone is 3. The van der Waals surface area contributed by atoms with Crippen LogP contribution in [0.4, 0.5) is 29.5 Å². The van der Waals surface area contributed by atoms with Gasteiger partial charge in [0.2, 0.25) is 11.8 Å². The van der Waals surface area contributed by atoms with Crippen LogP contribution < -0.4 is 21.3 Å². The lowest BCUT2D eigenvalue weighted by molar-refractivity contribution is -0.334. The Hall–Kier alpha value is -5.51. The van der Waals surface area contributed by atoms with Crippen molar-refractivity contribution in [3.63, 3.8) is 0 Å². The minimum Gasteiger partial charge on any atom is -0.453 e. The maximum atomic E-state index is 13.9.